The van der Waals surface area contributed by atoms with Crippen molar-refractivity contribution >= 4 is 61.4 Å². The Balaban J connectivity index is 1.51. The molecule has 0 saturated heterocycles. The molecule has 0 bridgehead atoms. The molecule has 25 heavy (non-hydrogen) atoms. The van der Waals surface area contributed by atoms with Gasteiger partial charge in [0.2, 0.25) is 11.0 Å². The Labute approximate surface area is 162 Å². The molecular weight excluding hydrogens is 420 g/mol. The van der Waals surface area contributed by atoms with Gasteiger partial charge in [-0.05, 0) is 42.8 Å². The van der Waals surface area contributed by atoms with E-state index in [1.807, 2.05) is 55.5 Å². The fraction of sp³-hybridized carbons (Fsp3) is 0.118. The third-order valence-corrected chi connectivity index (χ3v) is 6.06. The summed E-state index contributed by atoms with van der Waals surface area (Å²) >= 11 is 6.24. The molecule has 2 aromatic carbocycles. The number of carbonyl (C=O) groups is 1. The van der Waals surface area contributed by atoms with Crippen LogP contribution in [0.3, 0.4) is 0 Å². The molecule has 0 aliphatic carbocycles. The molecule has 128 valence electrons. The largest absolute Gasteiger partial charge is 0.330 e. The molecule has 0 spiro atoms. The summed E-state index contributed by atoms with van der Waals surface area (Å²) < 4.78 is 1.77. The number of thioether (sulfide) groups is 1. The second-order valence-electron chi connectivity index (χ2n) is 5.16. The molecule has 0 saturated carbocycles. The minimum atomic E-state index is -0.0699. The van der Waals surface area contributed by atoms with Gasteiger partial charge < -0.3 is 10.6 Å². The zero-order valence-electron chi connectivity index (χ0n) is 13.3. The quantitative estimate of drug-likeness (QED) is 0.529. The maximum absolute atomic E-state index is 12.1. The number of hydrogen-bond acceptors (Lipinski definition) is 6. The predicted octanol–water partition coefficient (Wildman–Crippen LogP) is 5.08. The van der Waals surface area contributed by atoms with E-state index in [9.17, 15) is 4.79 Å². The second-order valence-corrected chi connectivity index (χ2v) is 8.22. The first-order valence-electron chi connectivity index (χ1n) is 7.44. The number of benzene rings is 2. The molecule has 2 N–H and O–H groups in total. The summed E-state index contributed by atoms with van der Waals surface area (Å²) in [6.45, 7) is 1.98. The number of aryl methyl sites for hydroxylation is 1. The van der Waals surface area contributed by atoms with Gasteiger partial charge >= 0.3 is 0 Å². The van der Waals surface area contributed by atoms with Gasteiger partial charge in [-0.3, -0.25) is 4.79 Å². The van der Waals surface area contributed by atoms with E-state index in [4.69, 9.17) is 0 Å². The average Bonchev–Trinajstić information content (AvgIpc) is 3.05. The van der Waals surface area contributed by atoms with E-state index in [1.54, 1.807) is 0 Å². The molecule has 5 nitrogen and oxygen atoms in total. The second kappa shape index (κ2) is 8.46. The molecule has 0 atom stereocenters. The van der Waals surface area contributed by atoms with Gasteiger partial charge in [0, 0.05) is 15.8 Å². The number of hydrogen-bond donors (Lipinski definition) is 2. The van der Waals surface area contributed by atoms with Crippen LogP contribution in [0.15, 0.2) is 57.3 Å². The van der Waals surface area contributed by atoms with Gasteiger partial charge in [-0.2, -0.15) is 0 Å². The van der Waals surface area contributed by atoms with Gasteiger partial charge in [-0.15, -0.1) is 10.2 Å². The number of nitrogens with one attached hydrogen (secondary N) is 2. The fourth-order valence-electron chi connectivity index (χ4n) is 2.01. The first kappa shape index (κ1) is 17.9. The summed E-state index contributed by atoms with van der Waals surface area (Å²) in [7, 11) is 0. The number of halogens is 1. The van der Waals surface area contributed by atoms with Crippen molar-refractivity contribution in [2.24, 2.45) is 0 Å². The SMILES string of the molecule is Cc1cc(NC(=O)CSc2nnc(Nc3ccccc3)s2)ccc1Br. The molecule has 1 amide bonds. The van der Waals surface area contributed by atoms with Crippen LogP contribution in [0.1, 0.15) is 5.56 Å². The summed E-state index contributed by atoms with van der Waals surface area (Å²) in [4.78, 5) is 12.1. The first-order valence-corrected chi connectivity index (χ1v) is 10.0. The Morgan fingerprint density at radius 3 is 2.72 bits per heavy atom. The number of rotatable bonds is 6. The highest BCUT2D eigenvalue weighted by atomic mass is 79.9. The van der Waals surface area contributed by atoms with E-state index in [0.29, 0.717) is 5.13 Å². The summed E-state index contributed by atoms with van der Waals surface area (Å²) in [5, 5.41) is 15.0. The Bertz CT molecular complexity index is 870. The molecule has 0 radical (unpaired) electrons. The molecular formula is C17H15BrN4OS2. The highest BCUT2D eigenvalue weighted by Gasteiger charge is 2.09. The normalized spacial score (nSPS) is 10.5. The lowest BCUT2D eigenvalue weighted by Crippen LogP contribution is -2.14. The van der Waals surface area contributed by atoms with E-state index in [2.05, 4.69) is 36.8 Å². The minimum absolute atomic E-state index is 0.0699. The maximum atomic E-state index is 12.1. The lowest BCUT2D eigenvalue weighted by atomic mass is 10.2. The maximum Gasteiger partial charge on any atom is 0.234 e. The van der Waals surface area contributed by atoms with Gasteiger partial charge in [0.1, 0.15) is 0 Å². The van der Waals surface area contributed by atoms with E-state index in [0.717, 1.165) is 25.8 Å². The highest BCUT2D eigenvalue weighted by molar-refractivity contribution is 9.10. The minimum Gasteiger partial charge on any atom is -0.330 e. The van der Waals surface area contributed by atoms with Gasteiger partial charge in [0.15, 0.2) is 4.34 Å². The van der Waals surface area contributed by atoms with Crippen LogP contribution in [-0.4, -0.2) is 21.9 Å². The number of anilines is 3. The standard InChI is InChI=1S/C17H15BrN4OS2/c1-11-9-13(7-8-14(11)18)19-15(23)10-24-17-22-21-16(25-17)20-12-5-3-2-4-6-12/h2-9H,10H2,1H3,(H,19,23)(H,20,21). The number of nitrogens with zero attached hydrogens (tertiary/aromatic N) is 2. The first-order chi connectivity index (χ1) is 12.1. The Kier molecular flexibility index (Phi) is 6.06. The van der Waals surface area contributed by atoms with E-state index in [-0.39, 0.29) is 11.7 Å². The summed E-state index contributed by atoms with van der Waals surface area (Å²) in [5.74, 6) is 0.217. The van der Waals surface area contributed by atoms with Crippen molar-refractivity contribution in [1.29, 1.82) is 0 Å². The molecule has 3 aromatic rings. The molecule has 0 unspecified atom stereocenters. The van der Waals surface area contributed by atoms with E-state index < -0.39 is 0 Å². The summed E-state index contributed by atoms with van der Waals surface area (Å²) in [5.41, 5.74) is 2.82. The van der Waals surface area contributed by atoms with E-state index >= 15 is 0 Å². The Hall–Kier alpha value is -1.90. The van der Waals surface area contributed by atoms with Crippen molar-refractivity contribution in [2.45, 2.75) is 11.3 Å². The van der Waals surface area contributed by atoms with Gasteiger partial charge in [0.25, 0.3) is 0 Å². The molecule has 1 aromatic heterocycles. The Morgan fingerprint density at radius 2 is 1.96 bits per heavy atom. The molecule has 0 fully saturated rings. The molecule has 3 rings (SSSR count). The van der Waals surface area contributed by atoms with Crippen LogP contribution >= 0.6 is 39.0 Å². The van der Waals surface area contributed by atoms with Crippen LogP contribution in [0.4, 0.5) is 16.5 Å². The molecule has 0 aliphatic heterocycles. The van der Waals surface area contributed by atoms with Crippen molar-refractivity contribution in [3.05, 3.63) is 58.6 Å². The van der Waals surface area contributed by atoms with Crippen LogP contribution in [0.5, 0.6) is 0 Å². The van der Waals surface area contributed by atoms with Crippen molar-refractivity contribution in [3.63, 3.8) is 0 Å². The zero-order chi connectivity index (χ0) is 17.6. The van der Waals surface area contributed by atoms with Gasteiger partial charge in [-0.1, -0.05) is 57.2 Å². The van der Waals surface area contributed by atoms with Crippen LogP contribution in [-0.2, 0) is 4.79 Å². The van der Waals surface area contributed by atoms with Crippen molar-refractivity contribution in [2.75, 3.05) is 16.4 Å². The average molecular weight is 435 g/mol. The summed E-state index contributed by atoms with van der Waals surface area (Å²) in [6, 6.07) is 15.5. The topological polar surface area (TPSA) is 66.9 Å². The lowest BCUT2D eigenvalue weighted by molar-refractivity contribution is -0.113. The van der Waals surface area contributed by atoms with E-state index in [1.165, 1.54) is 23.1 Å². The smallest absolute Gasteiger partial charge is 0.234 e. The van der Waals surface area contributed by atoms with Crippen LogP contribution in [0.2, 0.25) is 0 Å². The molecule has 0 aliphatic rings. The van der Waals surface area contributed by atoms with Crippen molar-refractivity contribution in [3.8, 4) is 0 Å². The third kappa shape index (κ3) is 5.29. The monoisotopic (exact) mass is 434 g/mol. The lowest BCUT2D eigenvalue weighted by Gasteiger charge is -2.06. The summed E-state index contributed by atoms with van der Waals surface area (Å²) in [6.07, 6.45) is 0. The zero-order valence-corrected chi connectivity index (χ0v) is 16.5. The van der Waals surface area contributed by atoms with Gasteiger partial charge in [-0.25, -0.2) is 0 Å². The molecule has 8 heteroatoms. The Morgan fingerprint density at radius 1 is 1.16 bits per heavy atom. The number of carbonyl (C=O) groups excluding carboxylic acids is 1. The number of para-hydroxylation sites is 1. The van der Waals surface area contributed by atoms with Crippen LogP contribution < -0.4 is 10.6 Å². The number of amides is 1. The van der Waals surface area contributed by atoms with Crippen LogP contribution in [0.25, 0.3) is 0 Å². The molecule has 1 heterocycles. The van der Waals surface area contributed by atoms with Crippen LogP contribution in [0, 0.1) is 6.92 Å². The van der Waals surface area contributed by atoms with Gasteiger partial charge in [0.05, 0.1) is 5.75 Å². The number of aromatic nitrogens is 2. The third-order valence-electron chi connectivity index (χ3n) is 3.20. The highest BCUT2D eigenvalue weighted by Crippen LogP contribution is 2.28. The van der Waals surface area contributed by atoms with Crippen molar-refractivity contribution in [1.82, 2.24) is 10.2 Å². The predicted molar refractivity (Wildman–Crippen MR) is 108 cm³/mol. The van der Waals surface area contributed by atoms with Crippen molar-refractivity contribution < 1.29 is 4.79 Å². The fourth-order valence-corrected chi connectivity index (χ4v) is 3.83.